The molecule has 1 aromatic rings. The van der Waals surface area contributed by atoms with Crippen molar-refractivity contribution in [3.05, 3.63) is 35.9 Å². The number of piperidine rings is 1. The van der Waals surface area contributed by atoms with Crippen molar-refractivity contribution in [1.29, 1.82) is 0 Å². The highest BCUT2D eigenvalue weighted by Gasteiger charge is 2.35. The maximum Gasteiger partial charge on any atom is 0.0327 e. The third-order valence-corrected chi connectivity index (χ3v) is 5.07. The van der Waals surface area contributed by atoms with E-state index in [1.54, 1.807) is 0 Å². The normalized spacial score (nSPS) is 30.3. The molecule has 2 saturated heterocycles. The first-order valence-corrected chi connectivity index (χ1v) is 8.55. The lowest BCUT2D eigenvalue weighted by Gasteiger charge is -2.36. The van der Waals surface area contributed by atoms with E-state index >= 15 is 0 Å². The van der Waals surface area contributed by atoms with Gasteiger partial charge in [0.2, 0.25) is 0 Å². The monoisotopic (exact) mass is 286 g/mol. The zero-order chi connectivity index (χ0) is 14.9. The predicted molar refractivity (Wildman–Crippen MR) is 89.3 cm³/mol. The molecular formula is C19H30N2. The third-order valence-electron chi connectivity index (χ3n) is 5.07. The summed E-state index contributed by atoms with van der Waals surface area (Å²) in [6, 6.07) is 12.2. The minimum Gasteiger partial charge on any atom is -0.307 e. The Balaban J connectivity index is 1.73. The third kappa shape index (κ3) is 3.87. The predicted octanol–water partition coefficient (Wildman–Crippen LogP) is 3.85. The average Bonchev–Trinajstić information content (AvgIpc) is 2.83. The van der Waals surface area contributed by atoms with E-state index in [0.29, 0.717) is 17.5 Å². The molecule has 4 atom stereocenters. The van der Waals surface area contributed by atoms with Gasteiger partial charge in [-0.1, -0.05) is 51.1 Å². The van der Waals surface area contributed by atoms with Crippen LogP contribution < -0.4 is 5.32 Å². The highest BCUT2D eigenvalue weighted by Crippen LogP contribution is 2.33. The second-order valence-corrected chi connectivity index (χ2v) is 8.14. The summed E-state index contributed by atoms with van der Waals surface area (Å²) >= 11 is 0. The summed E-state index contributed by atoms with van der Waals surface area (Å²) in [4.78, 5) is 2.63. The Hall–Kier alpha value is -0.860. The maximum absolute atomic E-state index is 4.03. The molecule has 2 bridgehead atoms. The molecule has 2 fully saturated rings. The van der Waals surface area contributed by atoms with E-state index in [1.807, 2.05) is 0 Å². The van der Waals surface area contributed by atoms with Crippen LogP contribution in [-0.2, 0) is 0 Å². The lowest BCUT2D eigenvalue weighted by atomic mass is 9.84. The number of hydrogen-bond donors (Lipinski definition) is 1. The van der Waals surface area contributed by atoms with E-state index in [9.17, 15) is 0 Å². The quantitative estimate of drug-likeness (QED) is 0.904. The van der Waals surface area contributed by atoms with Gasteiger partial charge in [0.25, 0.3) is 0 Å². The van der Waals surface area contributed by atoms with Gasteiger partial charge in [-0.25, -0.2) is 0 Å². The largest absolute Gasteiger partial charge is 0.307 e. The van der Waals surface area contributed by atoms with Crippen LogP contribution in [0.15, 0.2) is 30.3 Å². The van der Waals surface area contributed by atoms with Crippen LogP contribution in [0.1, 0.15) is 51.6 Å². The van der Waals surface area contributed by atoms with Gasteiger partial charge in [0.1, 0.15) is 0 Å². The molecule has 0 radical (unpaired) electrons. The Labute approximate surface area is 129 Å². The second kappa shape index (κ2) is 6.10. The molecule has 2 aliphatic rings. The van der Waals surface area contributed by atoms with Crippen LogP contribution in [0.4, 0.5) is 0 Å². The van der Waals surface area contributed by atoms with Gasteiger partial charge in [-0.05, 0) is 49.2 Å². The van der Waals surface area contributed by atoms with E-state index in [0.717, 1.165) is 5.92 Å². The van der Waals surface area contributed by atoms with Crippen molar-refractivity contribution in [3.63, 3.8) is 0 Å². The number of hydrogen-bond acceptors (Lipinski definition) is 2. The van der Waals surface area contributed by atoms with Gasteiger partial charge in [-0.15, -0.1) is 0 Å². The Bertz CT molecular complexity index is 448. The molecule has 2 nitrogen and oxygen atoms in total. The van der Waals surface area contributed by atoms with Crippen LogP contribution >= 0.6 is 0 Å². The molecule has 0 amide bonds. The molecule has 0 spiro atoms. The fourth-order valence-electron chi connectivity index (χ4n) is 4.00. The zero-order valence-electron chi connectivity index (χ0n) is 13.8. The Morgan fingerprint density at radius 1 is 1.14 bits per heavy atom. The minimum absolute atomic E-state index is 0.351. The van der Waals surface area contributed by atoms with E-state index < -0.39 is 0 Å². The first-order valence-electron chi connectivity index (χ1n) is 8.55. The smallest absolute Gasteiger partial charge is 0.0327 e. The van der Waals surface area contributed by atoms with E-state index in [4.69, 9.17) is 0 Å². The van der Waals surface area contributed by atoms with Gasteiger partial charge < -0.3 is 10.2 Å². The SMILES string of the molecule is CC(C)(C)CC(NC1CCN2CCC1C2)c1ccccc1. The number of nitrogens with one attached hydrogen (secondary N) is 1. The van der Waals surface area contributed by atoms with E-state index in [1.165, 1.54) is 44.5 Å². The fraction of sp³-hybridized carbons (Fsp3) is 0.684. The molecular weight excluding hydrogens is 256 g/mol. The lowest BCUT2D eigenvalue weighted by Crippen LogP contribution is -2.45. The number of nitrogens with zero attached hydrogens (tertiary/aromatic N) is 1. The van der Waals surface area contributed by atoms with Crippen LogP contribution in [0.5, 0.6) is 0 Å². The molecule has 1 N–H and O–H groups in total. The van der Waals surface area contributed by atoms with Crippen molar-refractivity contribution < 1.29 is 0 Å². The molecule has 2 heterocycles. The van der Waals surface area contributed by atoms with Crippen molar-refractivity contribution in [3.8, 4) is 0 Å². The summed E-state index contributed by atoms with van der Waals surface area (Å²) in [7, 11) is 0. The van der Waals surface area contributed by atoms with Crippen LogP contribution in [-0.4, -0.2) is 30.6 Å². The summed E-state index contributed by atoms with van der Waals surface area (Å²) in [5.41, 5.74) is 1.80. The molecule has 3 rings (SSSR count). The highest BCUT2D eigenvalue weighted by atomic mass is 15.2. The number of fused-ring (bicyclic) bond motifs is 2. The molecule has 0 aromatic heterocycles. The molecule has 21 heavy (non-hydrogen) atoms. The van der Waals surface area contributed by atoms with Gasteiger partial charge in [0, 0.05) is 18.6 Å². The molecule has 0 saturated carbocycles. The van der Waals surface area contributed by atoms with Crippen LogP contribution in [0.2, 0.25) is 0 Å². The van der Waals surface area contributed by atoms with Crippen LogP contribution in [0.3, 0.4) is 0 Å². The topological polar surface area (TPSA) is 15.3 Å². The van der Waals surface area contributed by atoms with Crippen molar-refractivity contribution in [2.75, 3.05) is 19.6 Å². The first kappa shape index (κ1) is 15.1. The molecule has 4 unspecified atom stereocenters. The molecule has 116 valence electrons. The van der Waals surface area contributed by atoms with Crippen molar-refractivity contribution >= 4 is 0 Å². The summed E-state index contributed by atoms with van der Waals surface area (Å²) in [5, 5.41) is 4.03. The molecule has 0 aliphatic carbocycles. The molecule has 2 aliphatic heterocycles. The van der Waals surface area contributed by atoms with Gasteiger partial charge in [0.15, 0.2) is 0 Å². The molecule has 2 heteroatoms. The summed E-state index contributed by atoms with van der Waals surface area (Å²) < 4.78 is 0. The van der Waals surface area contributed by atoms with Crippen molar-refractivity contribution in [2.45, 2.75) is 52.1 Å². The van der Waals surface area contributed by atoms with Gasteiger partial charge in [0.05, 0.1) is 0 Å². The average molecular weight is 286 g/mol. The highest BCUT2D eigenvalue weighted by molar-refractivity contribution is 5.19. The van der Waals surface area contributed by atoms with E-state index in [-0.39, 0.29) is 0 Å². The lowest BCUT2D eigenvalue weighted by molar-refractivity contribution is 0.194. The van der Waals surface area contributed by atoms with Crippen molar-refractivity contribution in [2.24, 2.45) is 11.3 Å². The Morgan fingerprint density at radius 3 is 2.57 bits per heavy atom. The fourth-order valence-corrected chi connectivity index (χ4v) is 4.00. The summed E-state index contributed by atoms with van der Waals surface area (Å²) in [6.07, 6.45) is 3.90. The summed E-state index contributed by atoms with van der Waals surface area (Å²) in [5.74, 6) is 0.866. The van der Waals surface area contributed by atoms with Gasteiger partial charge in [-0.3, -0.25) is 0 Å². The Kier molecular flexibility index (Phi) is 4.37. The first-order chi connectivity index (χ1) is 10.0. The van der Waals surface area contributed by atoms with Crippen molar-refractivity contribution in [1.82, 2.24) is 10.2 Å². The van der Waals surface area contributed by atoms with Crippen LogP contribution in [0, 0.1) is 11.3 Å². The second-order valence-electron chi connectivity index (χ2n) is 8.14. The number of rotatable bonds is 4. The number of benzene rings is 1. The van der Waals surface area contributed by atoms with E-state index in [2.05, 4.69) is 61.3 Å². The Morgan fingerprint density at radius 2 is 1.86 bits per heavy atom. The standard InChI is InChI=1S/C19H30N2/c1-19(2,3)13-18(15-7-5-4-6-8-15)20-17-10-12-21-11-9-16(17)14-21/h4-8,16-18,20H,9-14H2,1-3H3. The van der Waals surface area contributed by atoms with Gasteiger partial charge in [-0.2, -0.15) is 0 Å². The van der Waals surface area contributed by atoms with Crippen LogP contribution in [0.25, 0.3) is 0 Å². The zero-order valence-corrected chi connectivity index (χ0v) is 13.8. The summed E-state index contributed by atoms with van der Waals surface area (Å²) in [6.45, 7) is 11.0. The molecule has 1 aromatic carbocycles. The minimum atomic E-state index is 0.351. The van der Waals surface area contributed by atoms with Gasteiger partial charge >= 0.3 is 0 Å². The maximum atomic E-state index is 4.03.